The fraction of sp³-hybridized carbons (Fsp3) is 0.133. The zero-order valence-electron chi connectivity index (χ0n) is 10.9. The molecule has 0 fully saturated rings. The lowest BCUT2D eigenvalue weighted by atomic mass is 10.1. The molecular weight excluding hydrogens is 295 g/mol. The highest BCUT2D eigenvalue weighted by atomic mass is 35.5. The molecule has 2 aromatic rings. The largest absolute Gasteiger partial charge is 0.335 e. The van der Waals surface area contributed by atoms with Gasteiger partial charge in [0.25, 0.3) is 5.91 Å². The van der Waals surface area contributed by atoms with Crippen LogP contribution < -0.4 is 10.6 Å². The lowest BCUT2D eigenvalue weighted by Crippen LogP contribution is -2.83. The average molecular weight is 310 g/mol. The van der Waals surface area contributed by atoms with Crippen LogP contribution in [0, 0.1) is 0 Å². The highest BCUT2D eigenvalue weighted by Gasteiger charge is 2.22. The fourth-order valence-electron chi connectivity index (χ4n) is 2.00. The van der Waals surface area contributed by atoms with E-state index in [4.69, 9.17) is 23.2 Å². The Balaban J connectivity index is 2.18. The molecule has 0 aliphatic rings. The minimum absolute atomic E-state index is 0.114. The molecule has 0 spiro atoms. The van der Waals surface area contributed by atoms with Crippen molar-refractivity contribution < 1.29 is 10.1 Å². The van der Waals surface area contributed by atoms with Gasteiger partial charge in [-0.3, -0.25) is 4.79 Å². The van der Waals surface area contributed by atoms with Crippen molar-refractivity contribution in [2.75, 3.05) is 12.4 Å². The van der Waals surface area contributed by atoms with Crippen molar-refractivity contribution in [3.63, 3.8) is 0 Å². The topological polar surface area (TPSA) is 45.7 Å². The molecule has 0 aliphatic heterocycles. The molecule has 2 aromatic carbocycles. The number of likely N-dealkylation sites (N-methyl/N-ethyl adjacent to an activating group) is 1. The highest BCUT2D eigenvalue weighted by molar-refractivity contribution is 6.35. The van der Waals surface area contributed by atoms with Crippen LogP contribution in [0.2, 0.25) is 10.0 Å². The van der Waals surface area contributed by atoms with Crippen LogP contribution in [0.1, 0.15) is 11.6 Å². The van der Waals surface area contributed by atoms with E-state index < -0.39 is 0 Å². The predicted molar refractivity (Wildman–Crippen MR) is 82.1 cm³/mol. The molecule has 1 amide bonds. The van der Waals surface area contributed by atoms with Crippen LogP contribution in [0.4, 0.5) is 5.69 Å². The van der Waals surface area contributed by atoms with Crippen LogP contribution in [-0.4, -0.2) is 13.0 Å². The van der Waals surface area contributed by atoms with Crippen LogP contribution in [-0.2, 0) is 4.79 Å². The molecule has 3 nitrogen and oxygen atoms in total. The summed E-state index contributed by atoms with van der Waals surface area (Å²) in [5, 5.41) is 5.67. The first-order valence-corrected chi connectivity index (χ1v) is 6.97. The summed E-state index contributed by atoms with van der Waals surface area (Å²) in [6.45, 7) is 0. The van der Waals surface area contributed by atoms with Crippen LogP contribution >= 0.6 is 23.2 Å². The lowest BCUT2D eigenvalue weighted by molar-refractivity contribution is -0.656. The van der Waals surface area contributed by atoms with E-state index in [1.165, 1.54) is 0 Å². The number of amides is 1. The van der Waals surface area contributed by atoms with Crippen molar-refractivity contribution in [1.29, 1.82) is 0 Å². The van der Waals surface area contributed by atoms with E-state index >= 15 is 0 Å². The molecular formula is C15H15Cl2N2O+. The Kier molecular flexibility index (Phi) is 5.01. The summed E-state index contributed by atoms with van der Waals surface area (Å²) in [6.07, 6.45) is 0. The number of nitrogens with two attached hydrogens (primary N) is 1. The summed E-state index contributed by atoms with van der Waals surface area (Å²) < 4.78 is 0. The van der Waals surface area contributed by atoms with Crippen LogP contribution in [0.3, 0.4) is 0 Å². The number of halogens is 2. The summed E-state index contributed by atoms with van der Waals surface area (Å²) in [4.78, 5) is 12.3. The van der Waals surface area contributed by atoms with Crippen molar-refractivity contribution >= 4 is 34.8 Å². The Hall–Kier alpha value is -1.55. The van der Waals surface area contributed by atoms with Crippen molar-refractivity contribution in [2.24, 2.45) is 0 Å². The van der Waals surface area contributed by atoms with E-state index in [-0.39, 0.29) is 11.9 Å². The van der Waals surface area contributed by atoms with Gasteiger partial charge in [-0.1, -0.05) is 53.5 Å². The quantitative estimate of drug-likeness (QED) is 0.896. The third-order valence-electron chi connectivity index (χ3n) is 2.90. The van der Waals surface area contributed by atoms with Crippen molar-refractivity contribution in [2.45, 2.75) is 6.04 Å². The van der Waals surface area contributed by atoms with Gasteiger partial charge in [-0.25, -0.2) is 0 Å². The maximum atomic E-state index is 12.3. The first-order valence-electron chi connectivity index (χ1n) is 6.21. The van der Waals surface area contributed by atoms with Crippen molar-refractivity contribution in [1.82, 2.24) is 0 Å². The fourth-order valence-corrected chi connectivity index (χ4v) is 2.53. The van der Waals surface area contributed by atoms with Gasteiger partial charge in [-0.15, -0.1) is 0 Å². The molecule has 20 heavy (non-hydrogen) atoms. The average Bonchev–Trinajstić information content (AvgIpc) is 2.39. The molecule has 0 heterocycles. The summed E-state index contributed by atoms with van der Waals surface area (Å²) in [7, 11) is 1.86. The van der Waals surface area contributed by atoms with Crippen LogP contribution in [0.15, 0.2) is 48.5 Å². The Bertz CT molecular complexity index is 582. The summed E-state index contributed by atoms with van der Waals surface area (Å²) >= 11 is 11.8. The molecule has 1 atom stereocenters. The number of anilines is 1. The van der Waals surface area contributed by atoms with E-state index in [1.54, 1.807) is 18.2 Å². The normalized spacial score (nSPS) is 11.9. The summed E-state index contributed by atoms with van der Waals surface area (Å²) in [5.74, 6) is -0.114. The van der Waals surface area contributed by atoms with Crippen molar-refractivity contribution in [3.8, 4) is 0 Å². The number of nitrogens with one attached hydrogen (secondary N) is 1. The lowest BCUT2D eigenvalue weighted by Gasteiger charge is -2.14. The number of hydrogen-bond donors (Lipinski definition) is 2. The summed E-state index contributed by atoms with van der Waals surface area (Å²) in [6, 6.07) is 14.2. The molecule has 0 aliphatic carbocycles. The Morgan fingerprint density at radius 1 is 1.10 bits per heavy atom. The molecule has 2 rings (SSSR count). The van der Waals surface area contributed by atoms with E-state index in [2.05, 4.69) is 5.32 Å². The number of carbonyl (C=O) groups excluding carboxylic acids is 1. The van der Waals surface area contributed by atoms with E-state index in [0.29, 0.717) is 15.7 Å². The molecule has 5 heteroatoms. The van der Waals surface area contributed by atoms with Gasteiger partial charge in [0, 0.05) is 21.3 Å². The number of carbonyl (C=O) groups is 1. The second-order valence-electron chi connectivity index (χ2n) is 4.37. The second kappa shape index (κ2) is 6.75. The van der Waals surface area contributed by atoms with Gasteiger partial charge in [0.1, 0.15) is 0 Å². The minimum Gasteiger partial charge on any atom is -0.335 e. The molecule has 3 N–H and O–H groups in total. The van der Waals surface area contributed by atoms with Gasteiger partial charge < -0.3 is 10.6 Å². The Labute approximate surface area is 127 Å². The molecule has 104 valence electrons. The van der Waals surface area contributed by atoms with Gasteiger partial charge in [-0.05, 0) is 18.2 Å². The Morgan fingerprint density at radius 3 is 2.25 bits per heavy atom. The highest BCUT2D eigenvalue weighted by Crippen LogP contribution is 2.23. The van der Waals surface area contributed by atoms with Crippen molar-refractivity contribution in [3.05, 3.63) is 64.1 Å². The maximum Gasteiger partial charge on any atom is 0.287 e. The smallest absolute Gasteiger partial charge is 0.287 e. The molecule has 0 saturated carbocycles. The molecule has 0 bridgehead atoms. The van der Waals surface area contributed by atoms with Crippen LogP contribution in [0.5, 0.6) is 0 Å². The van der Waals surface area contributed by atoms with Gasteiger partial charge in [0.15, 0.2) is 6.04 Å². The number of hydrogen-bond acceptors (Lipinski definition) is 1. The van der Waals surface area contributed by atoms with Gasteiger partial charge in [0.2, 0.25) is 0 Å². The standard InChI is InChI=1S/C15H14Cl2N2O/c1-18-14(10-5-3-2-4-6-10)15(20)19-13-8-11(16)7-12(17)9-13/h2-9,14,18H,1H3,(H,19,20)/p+1/t14-/m1/s1. The maximum absolute atomic E-state index is 12.3. The SMILES string of the molecule is C[NH2+][C@@H](C(=O)Nc1cc(Cl)cc(Cl)c1)c1ccccc1. The first kappa shape index (κ1) is 14.9. The van der Waals surface area contributed by atoms with Gasteiger partial charge >= 0.3 is 0 Å². The molecule has 0 saturated heterocycles. The van der Waals surface area contributed by atoms with E-state index in [0.717, 1.165) is 5.56 Å². The Morgan fingerprint density at radius 2 is 1.70 bits per heavy atom. The number of rotatable bonds is 4. The third-order valence-corrected chi connectivity index (χ3v) is 3.34. The third kappa shape index (κ3) is 3.73. The van der Waals surface area contributed by atoms with Gasteiger partial charge in [0.05, 0.1) is 7.05 Å². The zero-order valence-corrected chi connectivity index (χ0v) is 12.4. The summed E-state index contributed by atoms with van der Waals surface area (Å²) in [5.41, 5.74) is 1.54. The first-order chi connectivity index (χ1) is 9.60. The molecule has 0 aromatic heterocycles. The number of benzene rings is 2. The van der Waals surface area contributed by atoms with Gasteiger partial charge in [-0.2, -0.15) is 0 Å². The minimum atomic E-state index is -0.311. The molecule has 0 unspecified atom stereocenters. The zero-order chi connectivity index (χ0) is 14.5. The van der Waals surface area contributed by atoms with E-state index in [1.807, 2.05) is 42.7 Å². The van der Waals surface area contributed by atoms with E-state index in [9.17, 15) is 4.79 Å². The molecule has 0 radical (unpaired) electrons. The monoisotopic (exact) mass is 309 g/mol. The predicted octanol–water partition coefficient (Wildman–Crippen LogP) is 2.87. The van der Waals surface area contributed by atoms with Crippen LogP contribution in [0.25, 0.3) is 0 Å². The second-order valence-corrected chi connectivity index (χ2v) is 5.24. The number of quaternary nitrogens is 1.